The van der Waals surface area contributed by atoms with E-state index in [1.807, 2.05) is 38.1 Å². The monoisotopic (exact) mass is 253 g/mol. The van der Waals surface area contributed by atoms with Crippen molar-refractivity contribution in [2.24, 2.45) is 0 Å². The Morgan fingerprint density at radius 1 is 1.41 bits per heavy atom. The highest BCUT2D eigenvalue weighted by atomic mass is 32.1. The van der Waals surface area contributed by atoms with Crippen molar-refractivity contribution in [2.45, 2.75) is 26.3 Å². The van der Waals surface area contributed by atoms with Gasteiger partial charge in [-0.2, -0.15) is 12.6 Å². The van der Waals surface area contributed by atoms with Gasteiger partial charge in [-0.3, -0.25) is 0 Å². The lowest BCUT2D eigenvalue weighted by Gasteiger charge is -2.17. The van der Waals surface area contributed by atoms with E-state index in [-0.39, 0.29) is 12.0 Å². The topological polar surface area (TPSA) is 38.3 Å². The minimum Gasteiger partial charge on any atom is -0.464 e. The minimum atomic E-state index is -0.324. The number of benzene rings is 1. The highest BCUT2D eigenvalue weighted by Crippen LogP contribution is 2.12. The molecule has 0 bridgehead atoms. The highest BCUT2D eigenvalue weighted by molar-refractivity contribution is 7.80. The number of nitrogens with one attached hydrogen (secondary N) is 1. The molecule has 17 heavy (non-hydrogen) atoms. The van der Waals surface area contributed by atoms with Crippen molar-refractivity contribution >= 4 is 24.3 Å². The highest BCUT2D eigenvalue weighted by Gasteiger charge is 2.18. The first-order valence-corrected chi connectivity index (χ1v) is 6.41. The normalized spacial score (nSPS) is 11.9. The summed E-state index contributed by atoms with van der Waals surface area (Å²) in [6, 6.07) is 7.60. The van der Waals surface area contributed by atoms with Crippen LogP contribution >= 0.6 is 12.6 Å². The first-order chi connectivity index (χ1) is 8.17. The Morgan fingerprint density at radius 2 is 2.06 bits per heavy atom. The Bertz CT molecular complexity index is 351. The van der Waals surface area contributed by atoms with Crippen LogP contribution in [0.15, 0.2) is 24.3 Å². The number of carbonyl (C=O) groups is 1. The van der Waals surface area contributed by atoms with Gasteiger partial charge in [0, 0.05) is 5.69 Å². The van der Waals surface area contributed by atoms with E-state index in [1.54, 1.807) is 0 Å². The van der Waals surface area contributed by atoms with Crippen LogP contribution in [0.5, 0.6) is 0 Å². The zero-order chi connectivity index (χ0) is 12.7. The van der Waals surface area contributed by atoms with E-state index in [0.717, 1.165) is 5.69 Å². The summed E-state index contributed by atoms with van der Waals surface area (Å²) in [5, 5.41) is 3.17. The molecule has 0 aliphatic carbocycles. The molecule has 1 aromatic carbocycles. The number of hydrogen-bond donors (Lipinski definition) is 2. The standard InChI is InChI=1S/C13H19NO2S/c1-3-16-13(15)12(8-9-17)14-11-6-4-10(2)5-7-11/h4-7,12,14,17H,3,8-9H2,1-2H3/t12-/m0/s1. The zero-order valence-electron chi connectivity index (χ0n) is 10.3. The molecule has 0 amide bonds. The molecule has 94 valence electrons. The van der Waals surface area contributed by atoms with Crippen LogP contribution in [-0.4, -0.2) is 24.4 Å². The average molecular weight is 253 g/mol. The van der Waals surface area contributed by atoms with Crippen LogP contribution in [0.25, 0.3) is 0 Å². The molecule has 0 radical (unpaired) electrons. The Kier molecular flexibility index (Phi) is 5.91. The minimum absolute atomic E-state index is 0.220. The van der Waals surface area contributed by atoms with Crippen molar-refractivity contribution in [1.29, 1.82) is 0 Å². The fourth-order valence-electron chi connectivity index (χ4n) is 1.47. The Hall–Kier alpha value is -1.16. The summed E-state index contributed by atoms with van der Waals surface area (Å²) in [4.78, 5) is 11.7. The fraction of sp³-hybridized carbons (Fsp3) is 0.462. The largest absolute Gasteiger partial charge is 0.464 e. The van der Waals surface area contributed by atoms with Gasteiger partial charge in [0.25, 0.3) is 0 Å². The van der Waals surface area contributed by atoms with E-state index >= 15 is 0 Å². The third-order valence-electron chi connectivity index (χ3n) is 2.38. The summed E-state index contributed by atoms with van der Waals surface area (Å²) in [6.07, 6.45) is 0.649. The quantitative estimate of drug-likeness (QED) is 0.604. The third kappa shape index (κ3) is 4.69. The van der Waals surface area contributed by atoms with Crippen LogP contribution in [-0.2, 0) is 9.53 Å². The van der Waals surface area contributed by atoms with Crippen molar-refractivity contribution in [3.63, 3.8) is 0 Å². The maximum Gasteiger partial charge on any atom is 0.328 e. The fourth-order valence-corrected chi connectivity index (χ4v) is 1.73. The smallest absolute Gasteiger partial charge is 0.328 e. The molecule has 1 atom stereocenters. The van der Waals surface area contributed by atoms with Crippen LogP contribution < -0.4 is 5.32 Å². The SMILES string of the molecule is CCOC(=O)[C@H](CCS)Nc1ccc(C)cc1. The number of hydrogen-bond acceptors (Lipinski definition) is 4. The second kappa shape index (κ2) is 7.22. The molecule has 0 aromatic heterocycles. The second-order valence-electron chi connectivity index (χ2n) is 3.83. The van der Waals surface area contributed by atoms with E-state index in [1.165, 1.54) is 5.56 Å². The Labute approximate surface area is 108 Å². The molecule has 0 heterocycles. The molecule has 1 rings (SSSR count). The summed E-state index contributed by atoms with van der Waals surface area (Å²) in [7, 11) is 0. The van der Waals surface area contributed by atoms with Gasteiger partial charge in [-0.1, -0.05) is 17.7 Å². The van der Waals surface area contributed by atoms with E-state index < -0.39 is 0 Å². The Morgan fingerprint density at radius 3 is 2.59 bits per heavy atom. The molecule has 1 N–H and O–H groups in total. The molecule has 0 aliphatic rings. The number of rotatable bonds is 6. The van der Waals surface area contributed by atoms with Gasteiger partial charge in [-0.25, -0.2) is 4.79 Å². The summed E-state index contributed by atoms with van der Waals surface area (Å²) >= 11 is 4.16. The maximum absolute atomic E-state index is 11.7. The summed E-state index contributed by atoms with van der Waals surface area (Å²) in [5.74, 6) is 0.421. The van der Waals surface area contributed by atoms with E-state index in [2.05, 4.69) is 17.9 Å². The van der Waals surface area contributed by atoms with Crippen LogP contribution in [0.1, 0.15) is 18.9 Å². The number of carbonyl (C=O) groups excluding carboxylic acids is 1. The molecule has 0 fully saturated rings. The van der Waals surface area contributed by atoms with Crippen molar-refractivity contribution in [2.75, 3.05) is 17.7 Å². The molecule has 0 aliphatic heterocycles. The van der Waals surface area contributed by atoms with Gasteiger partial charge >= 0.3 is 5.97 Å². The molecule has 4 heteroatoms. The van der Waals surface area contributed by atoms with Crippen LogP contribution in [0.2, 0.25) is 0 Å². The number of thiol groups is 1. The van der Waals surface area contributed by atoms with Gasteiger partial charge in [0.1, 0.15) is 6.04 Å². The van der Waals surface area contributed by atoms with Crippen molar-refractivity contribution < 1.29 is 9.53 Å². The molecule has 1 aromatic rings. The van der Waals surface area contributed by atoms with E-state index in [9.17, 15) is 4.79 Å². The van der Waals surface area contributed by atoms with Gasteiger partial charge in [0.15, 0.2) is 0 Å². The lowest BCUT2D eigenvalue weighted by Crippen LogP contribution is -2.31. The Balaban J connectivity index is 2.65. The van der Waals surface area contributed by atoms with Crippen molar-refractivity contribution in [3.05, 3.63) is 29.8 Å². The lowest BCUT2D eigenvalue weighted by molar-refractivity contribution is -0.144. The molecular formula is C13H19NO2S. The predicted octanol–water partition coefficient (Wildman–Crippen LogP) is 2.66. The van der Waals surface area contributed by atoms with E-state index in [0.29, 0.717) is 18.8 Å². The van der Waals surface area contributed by atoms with Crippen LogP contribution in [0, 0.1) is 6.92 Å². The van der Waals surface area contributed by atoms with Gasteiger partial charge in [0.2, 0.25) is 0 Å². The molecular weight excluding hydrogens is 234 g/mol. The van der Waals surface area contributed by atoms with Crippen LogP contribution in [0.4, 0.5) is 5.69 Å². The zero-order valence-corrected chi connectivity index (χ0v) is 11.2. The van der Waals surface area contributed by atoms with Gasteiger partial charge in [0.05, 0.1) is 6.61 Å². The van der Waals surface area contributed by atoms with Gasteiger partial charge in [-0.05, 0) is 38.2 Å². The molecule has 0 saturated heterocycles. The summed E-state index contributed by atoms with van der Waals surface area (Å²) in [5.41, 5.74) is 2.12. The molecule has 3 nitrogen and oxygen atoms in total. The molecule has 0 spiro atoms. The first-order valence-electron chi connectivity index (χ1n) is 5.78. The van der Waals surface area contributed by atoms with E-state index in [4.69, 9.17) is 4.74 Å². The number of esters is 1. The van der Waals surface area contributed by atoms with Gasteiger partial charge < -0.3 is 10.1 Å². The number of anilines is 1. The summed E-state index contributed by atoms with van der Waals surface area (Å²) in [6.45, 7) is 4.24. The maximum atomic E-state index is 11.7. The summed E-state index contributed by atoms with van der Waals surface area (Å²) < 4.78 is 5.02. The molecule has 0 saturated carbocycles. The average Bonchev–Trinajstić information content (AvgIpc) is 2.31. The predicted molar refractivity (Wildman–Crippen MR) is 73.7 cm³/mol. The number of aryl methyl sites for hydroxylation is 1. The first kappa shape index (κ1) is 13.9. The molecule has 0 unspecified atom stereocenters. The van der Waals surface area contributed by atoms with Crippen molar-refractivity contribution in [3.8, 4) is 0 Å². The van der Waals surface area contributed by atoms with Gasteiger partial charge in [-0.15, -0.1) is 0 Å². The van der Waals surface area contributed by atoms with Crippen molar-refractivity contribution in [1.82, 2.24) is 0 Å². The van der Waals surface area contributed by atoms with Crippen LogP contribution in [0.3, 0.4) is 0 Å². The second-order valence-corrected chi connectivity index (χ2v) is 4.27. The lowest BCUT2D eigenvalue weighted by atomic mass is 10.2. The number of ether oxygens (including phenoxy) is 1. The third-order valence-corrected chi connectivity index (χ3v) is 2.64.